The number of hydrogen-bond donors (Lipinski definition) is 0. The third-order valence-electron chi connectivity index (χ3n) is 17.4. The summed E-state index contributed by atoms with van der Waals surface area (Å²) >= 11 is 0. The molecule has 7 heteroatoms. The fraction of sp³-hybridized carbons (Fsp3) is 0.241. The molecule has 3 aromatic heterocycles. The van der Waals surface area contributed by atoms with E-state index in [9.17, 15) is 0 Å². The second-order valence-corrected chi connectivity index (χ2v) is 33.8. The zero-order valence-corrected chi connectivity index (χ0v) is 55.8. The number of para-hydroxylation sites is 3. The summed E-state index contributed by atoms with van der Waals surface area (Å²) in [5, 5.41) is 10.6. The first kappa shape index (κ1) is 58.5. The van der Waals surface area contributed by atoms with Gasteiger partial charge < -0.3 is 18.8 Å². The van der Waals surface area contributed by atoms with E-state index in [0.29, 0.717) is 11.5 Å². The Morgan fingerprint density at radius 2 is 0.965 bits per heavy atom. The zero-order valence-electron chi connectivity index (χ0n) is 52.5. The van der Waals surface area contributed by atoms with Crippen molar-refractivity contribution in [2.45, 2.75) is 124 Å². The molecule has 12 aromatic rings. The van der Waals surface area contributed by atoms with Crippen molar-refractivity contribution in [2.24, 2.45) is 0 Å². The van der Waals surface area contributed by atoms with Crippen LogP contribution in [0.25, 0.3) is 93.2 Å². The maximum absolute atomic E-state index is 7.10. The summed E-state index contributed by atoms with van der Waals surface area (Å²) in [5.74, 6) is 2.11. The van der Waals surface area contributed by atoms with Gasteiger partial charge in [0.25, 0.3) is 0 Å². The van der Waals surface area contributed by atoms with Crippen LogP contribution in [-0.4, -0.2) is 22.2 Å². The maximum atomic E-state index is 7.10. The Bertz CT molecular complexity index is 4720. The van der Waals surface area contributed by atoms with Gasteiger partial charge in [0.05, 0.1) is 8.07 Å². The van der Waals surface area contributed by atoms with Gasteiger partial charge in [-0.1, -0.05) is 241 Å². The summed E-state index contributed by atoms with van der Waals surface area (Å²) in [5.41, 5.74) is 15.9. The molecule has 0 fully saturated rings. The Morgan fingerprint density at radius 3 is 1.57 bits per heavy atom. The second kappa shape index (κ2) is 21.2. The molecule has 0 N–H and O–H groups in total. The predicted octanol–water partition coefficient (Wildman–Crippen LogP) is 21.3. The molecular weight excluding hydrogens is 1240 g/mol. The van der Waals surface area contributed by atoms with Crippen LogP contribution in [0.2, 0.25) is 19.6 Å². The fourth-order valence-electron chi connectivity index (χ4n) is 12.4. The number of fused-ring (bicyclic) bond motifs is 10. The third-order valence-corrected chi connectivity index (χ3v) is 19.4. The Kier molecular flexibility index (Phi) is 14.4. The van der Waals surface area contributed by atoms with E-state index >= 15 is 0 Å². The maximum Gasteiger partial charge on any atom is 0.135 e. The predicted molar refractivity (Wildman–Crippen MR) is 365 cm³/mol. The third kappa shape index (κ3) is 10.5. The van der Waals surface area contributed by atoms with Crippen molar-refractivity contribution in [1.29, 1.82) is 0 Å². The number of benzene rings is 9. The van der Waals surface area contributed by atoms with Crippen molar-refractivity contribution >= 4 is 89.8 Å². The number of hydrogen-bond acceptors (Lipinski definition) is 3. The van der Waals surface area contributed by atoms with Gasteiger partial charge in [0.2, 0.25) is 0 Å². The van der Waals surface area contributed by atoms with Crippen molar-refractivity contribution < 1.29 is 25.8 Å². The van der Waals surface area contributed by atoms with Crippen LogP contribution in [0, 0.1) is 18.8 Å². The summed E-state index contributed by atoms with van der Waals surface area (Å²) in [4.78, 5) is 7.32. The number of anilines is 2. The standard InChI is InChI=1S/C79H77N4OSi.Pt/c1-76(2,3)53-36-37-80-73(44-53)83-70-32-21-20-28-66(70)67-35-34-58(48-72(67)83)84-59-45-57(46-60(47-59)85(13,14)15)81-49-82-74-61(52-38-50(39-54(42-52)77(4,5)6)51-40-55(78(7,8)9)43-56(41-51)79(10,11)12)29-22-30-68(74)64-26-18-16-24-62(64)63-25-17-19-27-65(63)69-31-23-33-71(81)75(69)82;/h16-44,46-47,49H,1-15H3;/q-3;. The van der Waals surface area contributed by atoms with E-state index in [-0.39, 0.29) is 42.7 Å². The molecule has 0 saturated heterocycles. The van der Waals surface area contributed by atoms with Crippen molar-refractivity contribution in [2.75, 3.05) is 4.90 Å². The molecule has 1 aliphatic rings. The smallest absolute Gasteiger partial charge is 0.135 e. The van der Waals surface area contributed by atoms with Crippen LogP contribution in [0.15, 0.2) is 188 Å². The van der Waals surface area contributed by atoms with Crippen LogP contribution in [-0.2, 0) is 42.7 Å². The molecule has 0 bridgehead atoms. The molecular formula is C79H77N4OPtSi-3. The molecule has 9 aromatic carbocycles. The van der Waals surface area contributed by atoms with E-state index < -0.39 is 8.07 Å². The number of rotatable bonds is 7. The minimum absolute atomic E-state index is 0. The van der Waals surface area contributed by atoms with Crippen molar-refractivity contribution in [1.82, 2.24) is 14.1 Å². The van der Waals surface area contributed by atoms with Gasteiger partial charge in [-0.25, -0.2) is 4.98 Å². The monoisotopic (exact) mass is 1320 g/mol. The van der Waals surface area contributed by atoms with Crippen LogP contribution in [0.5, 0.6) is 11.5 Å². The molecule has 86 heavy (non-hydrogen) atoms. The molecule has 0 unspecified atom stereocenters. The second-order valence-electron chi connectivity index (χ2n) is 28.7. The van der Waals surface area contributed by atoms with Crippen molar-refractivity contribution in [3.05, 3.63) is 229 Å². The normalized spacial score (nSPS) is 13.0. The topological polar surface area (TPSA) is 35.2 Å². The number of nitrogens with zero attached hydrogens (tertiary/aromatic N) is 4. The van der Waals surface area contributed by atoms with Crippen LogP contribution < -0.4 is 14.8 Å². The average molecular weight is 1320 g/mol. The number of ether oxygens (including phenoxy) is 1. The van der Waals surface area contributed by atoms with Gasteiger partial charge in [-0.2, -0.15) is 11.3 Å². The largest absolute Gasteiger partial charge is 0.509 e. The summed E-state index contributed by atoms with van der Waals surface area (Å²) in [7, 11) is -2.00. The van der Waals surface area contributed by atoms with Gasteiger partial charge in [0, 0.05) is 50.0 Å². The van der Waals surface area contributed by atoms with Crippen LogP contribution in [0.4, 0.5) is 11.4 Å². The zero-order chi connectivity index (χ0) is 59.7. The number of aromatic nitrogens is 3. The van der Waals surface area contributed by atoms with Gasteiger partial charge in [-0.3, -0.25) is 0 Å². The Labute approximate surface area is 524 Å². The first-order valence-corrected chi connectivity index (χ1v) is 33.7. The SMILES string of the molecule is CC(C)(C)c1cc(-c2cc(C(C)(C)C)cc(C(C)(C)C)c2)cc(-c2cccc3c4ccccc4c4ccccc4c4cccc5c4n(c23)[CH-]N5c2[c-]c(Oc3[c-]c4c(cc3)c3ccccc3n4-c3cc(C(C)(C)C)ccn3)cc([Si](C)(C)C)c2)c1.[Pt]. The molecule has 13 rings (SSSR count). The first-order chi connectivity index (χ1) is 40.3. The van der Waals surface area contributed by atoms with Gasteiger partial charge in [0.15, 0.2) is 0 Å². The Morgan fingerprint density at radius 1 is 0.442 bits per heavy atom. The molecule has 0 saturated carbocycles. The molecule has 0 radical (unpaired) electrons. The van der Waals surface area contributed by atoms with Gasteiger partial charge in [-0.15, -0.1) is 35.7 Å². The van der Waals surface area contributed by atoms with Crippen LogP contribution in [0.3, 0.4) is 0 Å². The minimum Gasteiger partial charge on any atom is -0.509 e. The van der Waals surface area contributed by atoms with Crippen LogP contribution in [0.1, 0.15) is 105 Å². The van der Waals surface area contributed by atoms with E-state index in [2.05, 4.69) is 318 Å². The van der Waals surface area contributed by atoms with Crippen molar-refractivity contribution in [3.8, 4) is 39.6 Å². The average Bonchev–Trinajstić information content (AvgIpc) is 1.81. The van der Waals surface area contributed by atoms with E-state index in [1.165, 1.54) is 65.7 Å². The van der Waals surface area contributed by atoms with E-state index in [1.54, 1.807) is 0 Å². The molecule has 0 aliphatic carbocycles. The molecule has 1 aliphatic heterocycles. The van der Waals surface area contributed by atoms with Crippen LogP contribution >= 0.6 is 0 Å². The molecule has 5 nitrogen and oxygen atoms in total. The first-order valence-electron chi connectivity index (χ1n) is 30.2. The fourth-order valence-corrected chi connectivity index (χ4v) is 13.6. The van der Waals surface area contributed by atoms with E-state index in [4.69, 9.17) is 9.72 Å². The summed E-state index contributed by atoms with van der Waals surface area (Å²) in [6.45, 7) is 37.3. The molecule has 0 spiro atoms. The Balaban J connectivity index is 0.00000724. The van der Waals surface area contributed by atoms with Gasteiger partial charge in [0.1, 0.15) is 5.82 Å². The summed E-state index contributed by atoms with van der Waals surface area (Å²) in [6, 6.07) is 75.6. The van der Waals surface area contributed by atoms with Crippen molar-refractivity contribution in [3.63, 3.8) is 0 Å². The molecule has 436 valence electrons. The van der Waals surface area contributed by atoms with Gasteiger partial charge >= 0.3 is 0 Å². The summed E-state index contributed by atoms with van der Waals surface area (Å²) < 4.78 is 11.8. The number of pyridine rings is 1. The van der Waals surface area contributed by atoms with E-state index in [1.807, 2.05) is 6.20 Å². The molecule has 0 atom stereocenters. The molecule has 4 heterocycles. The minimum atomic E-state index is -2.00. The quantitative estimate of drug-likeness (QED) is 0.118. The Hall–Kier alpha value is -7.89. The van der Waals surface area contributed by atoms with E-state index in [0.717, 1.165) is 66.4 Å². The van der Waals surface area contributed by atoms with Gasteiger partial charge in [-0.05, 0) is 152 Å². The summed E-state index contributed by atoms with van der Waals surface area (Å²) in [6.07, 6.45) is 1.92. The molecule has 0 amide bonds.